The molecule has 0 aliphatic heterocycles. The monoisotopic (exact) mass is 988 g/mol. The Morgan fingerprint density at radius 3 is 0.974 bits per heavy atom. The number of halogens is 2. The van der Waals surface area contributed by atoms with Crippen LogP contribution in [-0.4, -0.2) is 0 Å². The SMILES string of the molecule is Cc1cccc(-c2ccc(F)c(N(c3ccccc3)c3ccc4ccc5c(N(c6ccccc6)c6c(F)ccc(-c7cccc(C)c7C)c6-c6cccc(C)c6C)ccc6ccc3c4c65)c2-c2cccc(C)c2C)c1C. The van der Waals surface area contributed by atoms with Crippen LogP contribution in [0.3, 0.4) is 0 Å². The summed E-state index contributed by atoms with van der Waals surface area (Å²) in [4.78, 5) is 4.27. The van der Waals surface area contributed by atoms with Crippen LogP contribution in [0.5, 0.6) is 0 Å². The fraction of sp³-hybridized carbons (Fsp3) is 0.111. The minimum atomic E-state index is -0.329. The van der Waals surface area contributed by atoms with Gasteiger partial charge in [0.1, 0.15) is 11.6 Å². The lowest BCUT2D eigenvalue weighted by Crippen LogP contribution is -2.15. The predicted octanol–water partition coefficient (Wildman–Crippen LogP) is 20.9. The molecule has 0 amide bonds. The van der Waals surface area contributed by atoms with Crippen LogP contribution >= 0.6 is 0 Å². The maximum atomic E-state index is 17.9. The van der Waals surface area contributed by atoms with Crippen molar-refractivity contribution in [2.24, 2.45) is 0 Å². The number of nitrogens with zero attached hydrogens (tertiary/aromatic N) is 2. The van der Waals surface area contributed by atoms with Crippen LogP contribution < -0.4 is 9.80 Å². The summed E-state index contributed by atoms with van der Waals surface area (Å²) in [7, 11) is 0. The molecule has 0 fully saturated rings. The molecule has 12 aromatic carbocycles. The molecule has 370 valence electrons. The summed E-state index contributed by atoms with van der Waals surface area (Å²) in [6.45, 7) is 17.1. The van der Waals surface area contributed by atoms with Gasteiger partial charge >= 0.3 is 0 Å². The maximum Gasteiger partial charge on any atom is 0.147 e. The Balaban J connectivity index is 1.17. The maximum absolute atomic E-state index is 17.9. The van der Waals surface area contributed by atoms with Gasteiger partial charge in [0.05, 0.1) is 22.7 Å². The second-order valence-corrected chi connectivity index (χ2v) is 20.6. The Hall–Kier alpha value is -8.86. The van der Waals surface area contributed by atoms with Crippen LogP contribution in [0.25, 0.3) is 76.8 Å². The Morgan fingerprint density at radius 2 is 0.605 bits per heavy atom. The van der Waals surface area contributed by atoms with Gasteiger partial charge in [0, 0.05) is 33.3 Å². The molecule has 0 radical (unpaired) electrons. The van der Waals surface area contributed by atoms with Crippen LogP contribution in [0, 0.1) is 67.0 Å². The molecule has 0 atom stereocenters. The fourth-order valence-electron chi connectivity index (χ4n) is 11.8. The second-order valence-electron chi connectivity index (χ2n) is 20.6. The highest BCUT2D eigenvalue weighted by molar-refractivity contribution is 6.28. The molecule has 12 aromatic rings. The minimum Gasteiger partial charge on any atom is -0.307 e. The highest BCUT2D eigenvalue weighted by Gasteiger charge is 2.31. The Labute approximate surface area is 445 Å². The zero-order chi connectivity index (χ0) is 52.5. The van der Waals surface area contributed by atoms with Gasteiger partial charge in [-0.05, 0) is 203 Å². The van der Waals surface area contributed by atoms with Gasteiger partial charge in [-0.25, -0.2) is 8.78 Å². The molecule has 0 saturated heterocycles. The van der Waals surface area contributed by atoms with E-state index in [9.17, 15) is 0 Å². The second kappa shape index (κ2) is 19.1. The normalized spacial score (nSPS) is 11.6. The molecule has 0 aliphatic rings. The van der Waals surface area contributed by atoms with E-state index in [0.717, 1.165) is 133 Å². The van der Waals surface area contributed by atoms with Crippen molar-refractivity contribution in [1.29, 1.82) is 0 Å². The van der Waals surface area contributed by atoms with Crippen molar-refractivity contribution in [1.82, 2.24) is 0 Å². The fourth-order valence-corrected chi connectivity index (χ4v) is 11.8. The summed E-state index contributed by atoms with van der Waals surface area (Å²) < 4.78 is 35.7. The van der Waals surface area contributed by atoms with Crippen LogP contribution in [0.1, 0.15) is 44.5 Å². The molecule has 0 N–H and O–H groups in total. The number of para-hydroxylation sites is 2. The molecule has 4 heteroatoms. The van der Waals surface area contributed by atoms with Crippen molar-refractivity contribution in [3.05, 3.63) is 262 Å². The van der Waals surface area contributed by atoms with Crippen molar-refractivity contribution in [3.63, 3.8) is 0 Å². The minimum absolute atomic E-state index is 0.329. The van der Waals surface area contributed by atoms with Gasteiger partial charge in [0.2, 0.25) is 0 Å². The first kappa shape index (κ1) is 48.1. The van der Waals surface area contributed by atoms with Crippen LogP contribution in [0.4, 0.5) is 42.9 Å². The van der Waals surface area contributed by atoms with Crippen molar-refractivity contribution >= 4 is 66.4 Å². The van der Waals surface area contributed by atoms with E-state index in [-0.39, 0.29) is 11.6 Å². The number of hydrogen-bond donors (Lipinski definition) is 0. The molecule has 2 nitrogen and oxygen atoms in total. The first-order chi connectivity index (χ1) is 36.9. The number of benzene rings is 12. The van der Waals surface area contributed by atoms with E-state index < -0.39 is 0 Å². The summed E-state index contributed by atoms with van der Waals surface area (Å²) in [6, 6.07) is 70.4. The molecule has 12 rings (SSSR count). The first-order valence-electron chi connectivity index (χ1n) is 26.2. The van der Waals surface area contributed by atoms with E-state index in [1.54, 1.807) is 12.1 Å². The molecule has 0 bridgehead atoms. The molecule has 0 heterocycles. The van der Waals surface area contributed by atoms with E-state index in [1.165, 1.54) is 11.1 Å². The predicted molar refractivity (Wildman–Crippen MR) is 319 cm³/mol. The van der Waals surface area contributed by atoms with Crippen molar-refractivity contribution < 1.29 is 8.78 Å². The van der Waals surface area contributed by atoms with Gasteiger partial charge in [0.25, 0.3) is 0 Å². The number of aryl methyl sites for hydroxylation is 4. The summed E-state index contributed by atoms with van der Waals surface area (Å²) in [5.74, 6) is -0.657. The average molecular weight is 989 g/mol. The third-order valence-corrected chi connectivity index (χ3v) is 16.4. The van der Waals surface area contributed by atoms with Crippen LogP contribution in [0.2, 0.25) is 0 Å². The van der Waals surface area contributed by atoms with E-state index in [2.05, 4.69) is 211 Å². The van der Waals surface area contributed by atoms with Crippen molar-refractivity contribution in [2.45, 2.75) is 55.4 Å². The zero-order valence-corrected chi connectivity index (χ0v) is 44.3. The molecule has 0 unspecified atom stereocenters. The zero-order valence-electron chi connectivity index (χ0n) is 44.3. The highest BCUT2D eigenvalue weighted by atomic mass is 19.1. The lowest BCUT2D eigenvalue weighted by atomic mass is 9.86. The van der Waals surface area contributed by atoms with Gasteiger partial charge in [-0.1, -0.05) is 158 Å². The summed E-state index contributed by atoms with van der Waals surface area (Å²) in [6.07, 6.45) is 0. The number of rotatable bonds is 10. The third-order valence-electron chi connectivity index (χ3n) is 16.4. The molecule has 0 aromatic heterocycles. The smallest absolute Gasteiger partial charge is 0.147 e. The van der Waals surface area contributed by atoms with Crippen molar-refractivity contribution in [2.75, 3.05) is 9.80 Å². The summed E-state index contributed by atoms with van der Waals surface area (Å²) in [5.41, 5.74) is 21.0. The quantitative estimate of drug-likeness (QED) is 0.126. The van der Waals surface area contributed by atoms with Gasteiger partial charge in [-0.15, -0.1) is 0 Å². The van der Waals surface area contributed by atoms with E-state index >= 15 is 8.78 Å². The Morgan fingerprint density at radius 1 is 0.276 bits per heavy atom. The van der Waals surface area contributed by atoms with E-state index in [0.29, 0.717) is 11.4 Å². The third kappa shape index (κ3) is 7.82. The molecular weight excluding hydrogens is 931 g/mol. The van der Waals surface area contributed by atoms with Crippen LogP contribution in [-0.2, 0) is 0 Å². The van der Waals surface area contributed by atoms with Crippen LogP contribution in [0.15, 0.2) is 206 Å². The van der Waals surface area contributed by atoms with Gasteiger partial charge in [-0.3, -0.25) is 0 Å². The molecule has 0 saturated carbocycles. The Kier molecular flexibility index (Phi) is 12.1. The number of hydrogen-bond acceptors (Lipinski definition) is 2. The lowest BCUT2D eigenvalue weighted by molar-refractivity contribution is 0.629. The topological polar surface area (TPSA) is 6.48 Å². The molecule has 76 heavy (non-hydrogen) atoms. The van der Waals surface area contributed by atoms with Gasteiger partial charge in [-0.2, -0.15) is 0 Å². The van der Waals surface area contributed by atoms with Gasteiger partial charge < -0.3 is 9.80 Å². The summed E-state index contributed by atoms with van der Waals surface area (Å²) in [5, 5.41) is 6.11. The highest BCUT2D eigenvalue weighted by Crippen LogP contribution is 2.54. The average Bonchev–Trinajstić information content (AvgIpc) is 3.62. The standard InChI is InChI=1S/C72H58F2N2/c1-43-19-15-27-55(47(43)5)59-37-39-63(73)71(69(59)57-29-17-21-45(3)49(57)7)75(53-23-11-9-12-24-53)65-41-33-51-32-36-62-66(42-34-52-31-35-61(65)67(51)68(52)62)76(54-25-13-10-14-26-54)72-64(74)40-38-60(56-28-16-20-44(2)48(56)6)70(72)58-30-18-22-46(4)50(58)8/h9-42H,1-8H3. The lowest BCUT2D eigenvalue weighted by Gasteiger charge is -2.32. The van der Waals surface area contributed by atoms with E-state index in [1.807, 2.05) is 48.5 Å². The molecular formula is C72H58F2N2. The van der Waals surface area contributed by atoms with E-state index in [4.69, 9.17) is 0 Å². The van der Waals surface area contributed by atoms with Gasteiger partial charge in [0.15, 0.2) is 0 Å². The first-order valence-corrected chi connectivity index (χ1v) is 26.2. The largest absolute Gasteiger partial charge is 0.307 e. The Bertz CT molecular complexity index is 3960. The molecule has 0 aliphatic carbocycles. The number of anilines is 6. The molecule has 0 spiro atoms. The summed E-state index contributed by atoms with van der Waals surface area (Å²) >= 11 is 0. The van der Waals surface area contributed by atoms with Crippen molar-refractivity contribution in [3.8, 4) is 44.5 Å².